The molecule has 0 amide bonds. The van der Waals surface area contributed by atoms with Crippen molar-refractivity contribution in [3.8, 4) is 0 Å². The fraction of sp³-hybridized carbons (Fsp3) is 0.571. The van der Waals surface area contributed by atoms with E-state index in [1.807, 2.05) is 6.92 Å². The molecule has 0 aliphatic heterocycles. The van der Waals surface area contributed by atoms with Gasteiger partial charge in [0.1, 0.15) is 5.82 Å². The number of rotatable bonds is 6. The first kappa shape index (κ1) is 15.4. The van der Waals surface area contributed by atoms with Gasteiger partial charge in [-0.1, -0.05) is 19.1 Å². The Morgan fingerprint density at radius 3 is 2.65 bits per heavy atom. The number of halogens is 1. The van der Waals surface area contributed by atoms with E-state index in [4.69, 9.17) is 10.5 Å². The summed E-state index contributed by atoms with van der Waals surface area (Å²) >= 11 is 0. The predicted molar refractivity (Wildman–Crippen MR) is 75.8 cm³/mol. The third kappa shape index (κ3) is 2.60. The lowest BCUT2D eigenvalue weighted by atomic mass is 10.1. The first-order chi connectivity index (χ1) is 9.36. The summed E-state index contributed by atoms with van der Waals surface area (Å²) in [6.45, 7) is 4.05. The van der Waals surface area contributed by atoms with Gasteiger partial charge >= 0.3 is 0 Å². The van der Waals surface area contributed by atoms with Crippen molar-refractivity contribution in [1.82, 2.24) is 0 Å². The summed E-state index contributed by atoms with van der Waals surface area (Å²) in [4.78, 5) is 0. The van der Waals surface area contributed by atoms with E-state index in [0.29, 0.717) is 12.2 Å². The molecule has 0 saturated heterocycles. The van der Waals surface area contributed by atoms with Crippen LogP contribution in [0.4, 0.5) is 4.39 Å². The van der Waals surface area contributed by atoms with Gasteiger partial charge < -0.3 is 10.5 Å². The number of hydrogen-bond acceptors (Lipinski definition) is 4. The molecule has 3 atom stereocenters. The van der Waals surface area contributed by atoms with Gasteiger partial charge in [-0.2, -0.15) is 0 Å². The summed E-state index contributed by atoms with van der Waals surface area (Å²) in [5.74, 6) is -0.773. The Kier molecular flexibility index (Phi) is 4.18. The molecule has 0 unspecified atom stereocenters. The van der Waals surface area contributed by atoms with Gasteiger partial charge in [0.05, 0.1) is 17.4 Å². The third-order valence-electron chi connectivity index (χ3n) is 3.86. The van der Waals surface area contributed by atoms with Gasteiger partial charge in [-0.15, -0.1) is 0 Å². The van der Waals surface area contributed by atoms with Gasteiger partial charge in [-0.25, -0.2) is 12.8 Å². The van der Waals surface area contributed by atoms with Gasteiger partial charge in [-0.05, 0) is 24.6 Å². The topological polar surface area (TPSA) is 69.4 Å². The Balaban J connectivity index is 2.35. The Hall–Kier alpha value is -0.980. The number of sulfone groups is 1. The summed E-state index contributed by atoms with van der Waals surface area (Å²) in [5, 5.41) is -0.701. The van der Waals surface area contributed by atoms with Crippen LogP contribution in [0.15, 0.2) is 24.3 Å². The average molecular weight is 301 g/mol. The lowest BCUT2D eigenvalue weighted by Gasteiger charge is -2.12. The Bertz CT molecular complexity index is 590. The maximum atomic E-state index is 13.3. The highest BCUT2D eigenvalue weighted by Gasteiger charge is 2.68. The molecule has 0 bridgehead atoms. The van der Waals surface area contributed by atoms with Crippen molar-refractivity contribution in [3.05, 3.63) is 35.6 Å². The van der Waals surface area contributed by atoms with E-state index in [0.717, 1.165) is 0 Å². The van der Waals surface area contributed by atoms with Gasteiger partial charge in [0, 0.05) is 18.3 Å². The van der Waals surface area contributed by atoms with Crippen molar-refractivity contribution >= 4 is 9.84 Å². The third-order valence-corrected chi connectivity index (χ3v) is 6.15. The van der Waals surface area contributed by atoms with Crippen molar-refractivity contribution in [2.75, 3.05) is 19.0 Å². The van der Waals surface area contributed by atoms with Crippen LogP contribution in [0, 0.1) is 5.82 Å². The first-order valence-corrected chi connectivity index (χ1v) is 8.42. The lowest BCUT2D eigenvalue weighted by Crippen LogP contribution is -2.36. The molecule has 4 nitrogen and oxygen atoms in total. The quantitative estimate of drug-likeness (QED) is 0.863. The van der Waals surface area contributed by atoms with Crippen LogP contribution in [0.5, 0.6) is 0 Å². The molecule has 112 valence electrons. The van der Waals surface area contributed by atoms with Crippen LogP contribution in [0.25, 0.3) is 0 Å². The minimum atomic E-state index is -3.30. The van der Waals surface area contributed by atoms with Crippen molar-refractivity contribution in [2.45, 2.75) is 30.6 Å². The van der Waals surface area contributed by atoms with Crippen molar-refractivity contribution in [3.63, 3.8) is 0 Å². The molecule has 20 heavy (non-hydrogen) atoms. The lowest BCUT2D eigenvalue weighted by molar-refractivity contribution is 0.125. The summed E-state index contributed by atoms with van der Waals surface area (Å²) in [5.41, 5.74) is 5.90. The molecule has 0 aromatic heterocycles. The molecule has 2 rings (SSSR count). The summed E-state index contributed by atoms with van der Waals surface area (Å²) < 4.78 is 43.0. The van der Waals surface area contributed by atoms with Crippen LogP contribution >= 0.6 is 0 Å². The highest BCUT2D eigenvalue weighted by atomic mass is 32.2. The standard InChI is InChI=1S/C14H20FNO3S/c1-3-19-9-14(16)12(13(14)20(17,18)4-2)10-6-5-7-11(15)8-10/h5-8,12-13H,3-4,9,16H2,1-2H3/t12-,13+,14-/m1/s1. The van der Waals surface area contributed by atoms with Crippen LogP contribution in [0.2, 0.25) is 0 Å². The fourth-order valence-corrected chi connectivity index (χ4v) is 4.77. The zero-order valence-electron chi connectivity index (χ0n) is 11.7. The minimum absolute atomic E-state index is 0.0224. The van der Waals surface area contributed by atoms with Crippen LogP contribution in [0.1, 0.15) is 25.3 Å². The number of nitrogens with two attached hydrogens (primary N) is 1. The average Bonchev–Trinajstić information content (AvgIpc) is 3.04. The molecule has 0 radical (unpaired) electrons. The number of hydrogen-bond donors (Lipinski definition) is 1. The maximum absolute atomic E-state index is 13.3. The summed E-state index contributed by atoms with van der Waals surface area (Å²) in [6, 6.07) is 5.96. The number of ether oxygens (including phenoxy) is 1. The van der Waals surface area contributed by atoms with E-state index in [2.05, 4.69) is 0 Å². The monoisotopic (exact) mass is 301 g/mol. The zero-order valence-corrected chi connectivity index (χ0v) is 12.5. The molecule has 1 aliphatic rings. The highest BCUT2D eigenvalue weighted by molar-refractivity contribution is 7.92. The van der Waals surface area contributed by atoms with Crippen molar-refractivity contribution < 1.29 is 17.5 Å². The second kappa shape index (κ2) is 5.42. The highest BCUT2D eigenvalue weighted by Crippen LogP contribution is 2.54. The summed E-state index contributed by atoms with van der Waals surface area (Å²) in [6.07, 6.45) is 0. The van der Waals surface area contributed by atoms with Crippen LogP contribution in [-0.2, 0) is 14.6 Å². The van der Waals surface area contributed by atoms with Crippen LogP contribution < -0.4 is 5.73 Å². The van der Waals surface area contributed by atoms with Crippen LogP contribution in [-0.4, -0.2) is 38.2 Å². The van der Waals surface area contributed by atoms with Gasteiger partial charge in [0.25, 0.3) is 0 Å². The number of benzene rings is 1. The smallest absolute Gasteiger partial charge is 0.155 e. The zero-order chi connectivity index (χ0) is 15.0. The van der Waals surface area contributed by atoms with Crippen molar-refractivity contribution in [2.24, 2.45) is 5.73 Å². The molecule has 1 fully saturated rings. The molecule has 2 N–H and O–H groups in total. The van der Waals surface area contributed by atoms with E-state index in [1.54, 1.807) is 19.1 Å². The van der Waals surface area contributed by atoms with E-state index in [9.17, 15) is 12.8 Å². The molecule has 1 saturated carbocycles. The van der Waals surface area contributed by atoms with E-state index < -0.39 is 26.5 Å². The Morgan fingerprint density at radius 1 is 1.40 bits per heavy atom. The van der Waals surface area contributed by atoms with Gasteiger partial charge in [-0.3, -0.25) is 0 Å². The van der Waals surface area contributed by atoms with E-state index in [-0.39, 0.29) is 18.2 Å². The molecule has 1 aliphatic carbocycles. The molecule has 1 aromatic carbocycles. The van der Waals surface area contributed by atoms with Crippen LogP contribution in [0.3, 0.4) is 0 Å². The van der Waals surface area contributed by atoms with Gasteiger partial charge in [0.15, 0.2) is 9.84 Å². The second-order valence-electron chi connectivity index (χ2n) is 5.15. The molecule has 0 spiro atoms. The predicted octanol–water partition coefficient (Wildman–Crippen LogP) is 1.46. The SMILES string of the molecule is CCOC[C@@]1(N)[C@H](c2cccc(F)c2)[C@@H]1S(=O)(=O)CC. The van der Waals surface area contributed by atoms with E-state index >= 15 is 0 Å². The molecule has 6 heteroatoms. The first-order valence-electron chi connectivity index (χ1n) is 6.70. The largest absolute Gasteiger partial charge is 0.380 e. The molecule has 1 aromatic rings. The fourth-order valence-electron chi connectivity index (χ4n) is 2.78. The second-order valence-corrected chi connectivity index (χ2v) is 7.57. The minimum Gasteiger partial charge on any atom is -0.380 e. The Labute approximate surface area is 119 Å². The maximum Gasteiger partial charge on any atom is 0.155 e. The van der Waals surface area contributed by atoms with E-state index in [1.165, 1.54) is 12.1 Å². The Morgan fingerprint density at radius 2 is 2.10 bits per heavy atom. The van der Waals surface area contributed by atoms with Crippen molar-refractivity contribution in [1.29, 1.82) is 0 Å². The molecule has 0 heterocycles. The normalized spacial score (nSPS) is 29.4. The molecular formula is C14H20FNO3S. The molecular weight excluding hydrogens is 281 g/mol. The van der Waals surface area contributed by atoms with Gasteiger partial charge in [0.2, 0.25) is 0 Å². The summed E-state index contributed by atoms with van der Waals surface area (Å²) in [7, 11) is -3.30.